The molecule has 7 heteroatoms. The first-order valence-electron chi connectivity index (χ1n) is 7.62. The van der Waals surface area contributed by atoms with E-state index in [1.165, 1.54) is 0 Å². The highest BCUT2D eigenvalue weighted by atomic mass is 32.2. The van der Waals surface area contributed by atoms with Crippen molar-refractivity contribution in [3.05, 3.63) is 18.0 Å². The second-order valence-corrected chi connectivity index (χ2v) is 7.62. The van der Waals surface area contributed by atoms with Gasteiger partial charge in [-0.2, -0.15) is 0 Å². The average molecular weight is 313 g/mol. The van der Waals surface area contributed by atoms with Crippen LogP contribution in [0.25, 0.3) is 0 Å². The molecule has 1 atom stereocenters. The van der Waals surface area contributed by atoms with Crippen molar-refractivity contribution in [2.75, 3.05) is 13.2 Å². The maximum absolute atomic E-state index is 12.4. The number of sulfonamides is 1. The summed E-state index contributed by atoms with van der Waals surface area (Å²) in [5.41, 5.74) is 6.59. The fourth-order valence-corrected chi connectivity index (χ4v) is 3.87. The van der Waals surface area contributed by atoms with Crippen LogP contribution in [0.2, 0.25) is 0 Å². The number of nitrogens with one attached hydrogen (secondary N) is 1. The Hall–Kier alpha value is -0.890. The molecular formula is C14H23N3O3S. The molecule has 118 valence electrons. The van der Waals surface area contributed by atoms with E-state index in [-0.39, 0.29) is 6.10 Å². The van der Waals surface area contributed by atoms with E-state index in [0.29, 0.717) is 24.0 Å². The molecule has 1 aliphatic carbocycles. The lowest BCUT2D eigenvalue weighted by Crippen LogP contribution is -2.35. The number of ether oxygens (including phenoxy) is 1. The summed E-state index contributed by atoms with van der Waals surface area (Å²) >= 11 is 0. The number of aromatic nitrogens is 1. The Morgan fingerprint density at radius 1 is 1.33 bits per heavy atom. The van der Waals surface area contributed by atoms with Crippen molar-refractivity contribution in [3.8, 4) is 0 Å². The monoisotopic (exact) mass is 313 g/mol. The largest absolute Gasteiger partial charge is 0.377 e. The second kappa shape index (κ2) is 6.08. The maximum Gasteiger partial charge on any atom is 0.242 e. The summed E-state index contributed by atoms with van der Waals surface area (Å²) in [6.45, 7) is 1.43. The summed E-state index contributed by atoms with van der Waals surface area (Å²) < 4.78 is 35.0. The topological polar surface area (TPSA) is 86.3 Å². The zero-order chi connectivity index (χ0) is 14.9. The van der Waals surface area contributed by atoms with Gasteiger partial charge in [0.1, 0.15) is 0 Å². The molecule has 0 bridgehead atoms. The Kier molecular flexibility index (Phi) is 4.35. The van der Waals surface area contributed by atoms with Gasteiger partial charge in [-0.25, -0.2) is 13.1 Å². The smallest absolute Gasteiger partial charge is 0.242 e. The van der Waals surface area contributed by atoms with Crippen LogP contribution < -0.4 is 10.5 Å². The Balaban J connectivity index is 1.68. The first-order valence-corrected chi connectivity index (χ1v) is 9.10. The van der Waals surface area contributed by atoms with Crippen LogP contribution >= 0.6 is 0 Å². The minimum Gasteiger partial charge on any atom is -0.377 e. The van der Waals surface area contributed by atoms with Gasteiger partial charge in [-0.3, -0.25) is 0 Å². The molecule has 0 amide bonds. The highest BCUT2D eigenvalue weighted by molar-refractivity contribution is 7.89. The predicted molar refractivity (Wildman–Crippen MR) is 79.4 cm³/mol. The molecule has 1 saturated carbocycles. The van der Waals surface area contributed by atoms with E-state index in [4.69, 9.17) is 10.5 Å². The molecular weight excluding hydrogens is 290 g/mol. The Morgan fingerprint density at radius 2 is 2.14 bits per heavy atom. The van der Waals surface area contributed by atoms with E-state index >= 15 is 0 Å². The van der Waals surface area contributed by atoms with Crippen molar-refractivity contribution in [2.45, 2.75) is 55.7 Å². The number of nitrogens with two attached hydrogens (primary N) is 1. The SMILES string of the molecule is NCc1cc(S(=O)(=O)NCC2CCCCO2)cn1C1CC1. The van der Waals surface area contributed by atoms with Crippen molar-refractivity contribution in [1.29, 1.82) is 0 Å². The van der Waals surface area contributed by atoms with E-state index in [0.717, 1.165) is 44.4 Å². The molecule has 1 aromatic rings. The van der Waals surface area contributed by atoms with Gasteiger partial charge in [-0.15, -0.1) is 0 Å². The molecule has 1 saturated heterocycles. The summed E-state index contributed by atoms with van der Waals surface area (Å²) in [6, 6.07) is 2.11. The van der Waals surface area contributed by atoms with Crippen molar-refractivity contribution >= 4 is 10.0 Å². The Labute approximate surface area is 125 Å². The molecule has 1 unspecified atom stereocenters. The molecule has 3 N–H and O–H groups in total. The summed E-state index contributed by atoms with van der Waals surface area (Å²) in [4.78, 5) is 0.311. The summed E-state index contributed by atoms with van der Waals surface area (Å²) in [5, 5.41) is 0. The molecule has 21 heavy (non-hydrogen) atoms. The average Bonchev–Trinajstić information content (AvgIpc) is 3.24. The molecule has 1 aromatic heterocycles. The third-order valence-electron chi connectivity index (χ3n) is 4.14. The fourth-order valence-electron chi connectivity index (χ4n) is 2.75. The van der Waals surface area contributed by atoms with Gasteiger partial charge >= 0.3 is 0 Å². The molecule has 2 aliphatic rings. The van der Waals surface area contributed by atoms with Crippen LogP contribution in [-0.2, 0) is 21.3 Å². The molecule has 6 nitrogen and oxygen atoms in total. The summed E-state index contributed by atoms with van der Waals surface area (Å²) in [5.74, 6) is 0. The maximum atomic E-state index is 12.4. The zero-order valence-electron chi connectivity index (χ0n) is 12.1. The molecule has 2 fully saturated rings. The summed E-state index contributed by atoms with van der Waals surface area (Å²) in [6.07, 6.45) is 6.99. The number of hydrogen-bond donors (Lipinski definition) is 2. The highest BCUT2D eigenvalue weighted by Gasteiger charge is 2.28. The first-order chi connectivity index (χ1) is 10.1. The lowest BCUT2D eigenvalue weighted by molar-refractivity contribution is 0.0200. The molecule has 0 spiro atoms. The molecule has 0 aromatic carbocycles. The molecule has 2 heterocycles. The molecule has 3 rings (SSSR count). The van der Waals surface area contributed by atoms with Crippen LogP contribution in [0.5, 0.6) is 0 Å². The second-order valence-electron chi connectivity index (χ2n) is 5.85. The van der Waals surface area contributed by atoms with Gasteiger partial charge in [0, 0.05) is 37.6 Å². The lowest BCUT2D eigenvalue weighted by atomic mass is 10.1. The van der Waals surface area contributed by atoms with Crippen molar-refractivity contribution in [3.63, 3.8) is 0 Å². The van der Waals surface area contributed by atoms with Crippen LogP contribution in [0.1, 0.15) is 43.8 Å². The highest BCUT2D eigenvalue weighted by Crippen LogP contribution is 2.37. The van der Waals surface area contributed by atoms with Crippen LogP contribution in [-0.4, -0.2) is 32.2 Å². The molecule has 0 radical (unpaired) electrons. The van der Waals surface area contributed by atoms with Crippen LogP contribution in [0.4, 0.5) is 0 Å². The third kappa shape index (κ3) is 3.48. The number of hydrogen-bond acceptors (Lipinski definition) is 4. The van der Waals surface area contributed by atoms with Crippen molar-refractivity contribution < 1.29 is 13.2 Å². The normalized spacial score (nSPS) is 23.4. The van der Waals surface area contributed by atoms with E-state index in [1.54, 1.807) is 12.3 Å². The van der Waals surface area contributed by atoms with Gasteiger partial charge in [0.05, 0.1) is 11.0 Å². The van der Waals surface area contributed by atoms with Gasteiger partial charge in [-0.05, 0) is 38.2 Å². The Morgan fingerprint density at radius 3 is 2.76 bits per heavy atom. The third-order valence-corrected chi connectivity index (χ3v) is 5.53. The van der Waals surface area contributed by atoms with E-state index < -0.39 is 10.0 Å². The van der Waals surface area contributed by atoms with Crippen LogP contribution in [0.3, 0.4) is 0 Å². The first kappa shape index (κ1) is 15.0. The van der Waals surface area contributed by atoms with Gasteiger partial charge < -0.3 is 15.0 Å². The van der Waals surface area contributed by atoms with E-state index in [9.17, 15) is 8.42 Å². The quantitative estimate of drug-likeness (QED) is 0.824. The van der Waals surface area contributed by atoms with E-state index in [1.807, 2.05) is 4.57 Å². The molecule has 1 aliphatic heterocycles. The Bertz CT molecular complexity index is 587. The minimum atomic E-state index is -3.48. The minimum absolute atomic E-state index is 0.00646. The zero-order valence-corrected chi connectivity index (χ0v) is 12.9. The van der Waals surface area contributed by atoms with Gasteiger partial charge in [-0.1, -0.05) is 0 Å². The number of rotatable bonds is 6. The van der Waals surface area contributed by atoms with Crippen molar-refractivity contribution in [1.82, 2.24) is 9.29 Å². The number of nitrogens with zero attached hydrogens (tertiary/aromatic N) is 1. The van der Waals surface area contributed by atoms with Gasteiger partial charge in [0.25, 0.3) is 0 Å². The fraction of sp³-hybridized carbons (Fsp3) is 0.714. The van der Waals surface area contributed by atoms with Gasteiger partial charge in [0.15, 0.2) is 0 Å². The standard InChI is InChI=1S/C14H23N3O3S/c15-8-12-7-14(10-17(12)11-4-5-11)21(18,19)16-9-13-3-1-2-6-20-13/h7,10-11,13,16H,1-6,8-9,15H2. The summed E-state index contributed by atoms with van der Waals surface area (Å²) in [7, 11) is -3.48. The predicted octanol–water partition coefficient (Wildman–Crippen LogP) is 1.13. The van der Waals surface area contributed by atoms with Crippen LogP contribution in [0, 0.1) is 0 Å². The van der Waals surface area contributed by atoms with Crippen LogP contribution in [0.15, 0.2) is 17.2 Å². The van der Waals surface area contributed by atoms with E-state index in [2.05, 4.69) is 4.72 Å². The van der Waals surface area contributed by atoms with Crippen molar-refractivity contribution in [2.24, 2.45) is 5.73 Å². The van der Waals surface area contributed by atoms with Gasteiger partial charge in [0.2, 0.25) is 10.0 Å². The lowest BCUT2D eigenvalue weighted by Gasteiger charge is -2.22.